The van der Waals surface area contributed by atoms with Gasteiger partial charge in [-0.1, -0.05) is 41.8 Å². The molecule has 2 atom stereocenters. The third-order valence-electron chi connectivity index (χ3n) is 7.14. The van der Waals surface area contributed by atoms with Gasteiger partial charge in [0.15, 0.2) is 5.58 Å². The van der Waals surface area contributed by atoms with Crippen LogP contribution in [0.25, 0.3) is 22.2 Å². The van der Waals surface area contributed by atoms with E-state index in [-0.39, 0.29) is 24.5 Å². The zero-order chi connectivity index (χ0) is 23.7. The molecule has 0 spiro atoms. The Morgan fingerprint density at radius 1 is 1.12 bits per heavy atom. The molecule has 0 radical (unpaired) electrons. The number of nitrogens with zero attached hydrogens (tertiary/aromatic N) is 2. The molecule has 1 aliphatic carbocycles. The first kappa shape index (κ1) is 23.5. The molecule has 1 aliphatic heterocycles. The van der Waals surface area contributed by atoms with Gasteiger partial charge in [-0.2, -0.15) is 4.98 Å². The van der Waals surface area contributed by atoms with Crippen molar-refractivity contribution >= 4 is 46.2 Å². The van der Waals surface area contributed by atoms with Crippen LogP contribution in [0, 0.1) is 11.8 Å². The Morgan fingerprint density at radius 2 is 1.88 bits per heavy atom. The molecule has 2 aromatic carbocycles. The third-order valence-corrected chi connectivity index (χ3v) is 7.71. The van der Waals surface area contributed by atoms with Gasteiger partial charge in [-0.05, 0) is 67.9 Å². The molecule has 3 aromatic rings. The first-order valence-electron chi connectivity index (χ1n) is 12.0. The summed E-state index contributed by atoms with van der Waals surface area (Å²) in [4.78, 5) is 19.6. The molecule has 2 aliphatic rings. The molecule has 2 fully saturated rings. The number of carbonyl (C=O) groups is 1. The standard InChI is InChI=1S/C26H29Cl2N3O3/c27-19-6-4-17(5-7-19)21-13-24-23(14-22(21)28)30-26(34-24)31-10-8-18(9-11-31)25(33)29-20-3-1-2-16(12-20)15-32/h4-7,13-14,16,18,20,32H,1-3,8-12,15H2,(H,29,33). The SMILES string of the molecule is O=C(NC1CCCC(CO)C1)C1CCN(c2nc3cc(Cl)c(-c4ccc(Cl)cc4)cc3o2)CC1. The lowest BCUT2D eigenvalue weighted by Gasteiger charge is -2.33. The van der Waals surface area contributed by atoms with E-state index in [1.807, 2.05) is 36.4 Å². The van der Waals surface area contributed by atoms with E-state index in [1.54, 1.807) is 0 Å². The van der Waals surface area contributed by atoms with Gasteiger partial charge in [-0.3, -0.25) is 4.79 Å². The lowest BCUT2D eigenvalue weighted by molar-refractivity contribution is -0.126. The van der Waals surface area contributed by atoms with Crippen LogP contribution >= 0.6 is 23.2 Å². The second-order valence-electron chi connectivity index (χ2n) is 9.49. The van der Waals surface area contributed by atoms with E-state index < -0.39 is 0 Å². The highest BCUT2D eigenvalue weighted by atomic mass is 35.5. The average Bonchev–Trinajstić information content (AvgIpc) is 3.27. The summed E-state index contributed by atoms with van der Waals surface area (Å²) in [5.74, 6) is 0.454. The number of hydrogen-bond acceptors (Lipinski definition) is 5. The van der Waals surface area contributed by atoms with E-state index in [0.29, 0.717) is 46.2 Å². The van der Waals surface area contributed by atoms with Crippen LogP contribution in [0.3, 0.4) is 0 Å². The van der Waals surface area contributed by atoms with Gasteiger partial charge < -0.3 is 19.7 Å². The number of aromatic nitrogens is 1. The smallest absolute Gasteiger partial charge is 0.298 e. The van der Waals surface area contributed by atoms with Crippen LogP contribution in [-0.2, 0) is 4.79 Å². The minimum atomic E-state index is 0.00100. The van der Waals surface area contributed by atoms with Gasteiger partial charge >= 0.3 is 0 Å². The van der Waals surface area contributed by atoms with Crippen molar-refractivity contribution in [2.24, 2.45) is 11.8 Å². The summed E-state index contributed by atoms with van der Waals surface area (Å²) in [6.07, 6.45) is 5.53. The molecule has 5 rings (SSSR count). The predicted octanol–water partition coefficient (Wildman–Crippen LogP) is 5.69. The molecule has 0 bridgehead atoms. The fourth-order valence-corrected chi connectivity index (χ4v) is 5.56. The van der Waals surface area contributed by atoms with E-state index in [1.165, 1.54) is 0 Å². The topological polar surface area (TPSA) is 78.6 Å². The highest BCUT2D eigenvalue weighted by Crippen LogP contribution is 2.35. The molecule has 1 saturated carbocycles. The number of benzene rings is 2. The van der Waals surface area contributed by atoms with Crippen LogP contribution < -0.4 is 10.2 Å². The molecule has 2 unspecified atom stereocenters. The van der Waals surface area contributed by atoms with Gasteiger partial charge in [0, 0.05) is 42.2 Å². The first-order chi connectivity index (χ1) is 16.5. The number of hydrogen-bond donors (Lipinski definition) is 2. The van der Waals surface area contributed by atoms with Gasteiger partial charge in [-0.25, -0.2) is 0 Å². The zero-order valence-electron chi connectivity index (χ0n) is 19.0. The summed E-state index contributed by atoms with van der Waals surface area (Å²) in [5, 5.41) is 13.9. The number of piperidine rings is 1. The van der Waals surface area contributed by atoms with Gasteiger partial charge in [-0.15, -0.1) is 0 Å². The fraction of sp³-hybridized carbons (Fsp3) is 0.462. The Hall–Kier alpha value is -2.28. The summed E-state index contributed by atoms with van der Waals surface area (Å²) in [6.45, 7) is 1.64. The van der Waals surface area contributed by atoms with Crippen molar-refractivity contribution in [2.75, 3.05) is 24.6 Å². The summed E-state index contributed by atoms with van der Waals surface area (Å²) in [6, 6.07) is 12.0. The molecule has 1 aromatic heterocycles. The number of amides is 1. The molecule has 8 heteroatoms. The molecule has 6 nitrogen and oxygen atoms in total. The Bertz CT molecular complexity index is 1160. The van der Waals surface area contributed by atoms with Crippen molar-refractivity contribution in [1.29, 1.82) is 0 Å². The van der Waals surface area contributed by atoms with E-state index in [4.69, 9.17) is 27.6 Å². The van der Waals surface area contributed by atoms with Gasteiger partial charge in [0.1, 0.15) is 5.52 Å². The predicted molar refractivity (Wildman–Crippen MR) is 135 cm³/mol. The highest BCUT2D eigenvalue weighted by Gasteiger charge is 2.30. The van der Waals surface area contributed by atoms with Crippen LogP contribution in [0.4, 0.5) is 6.01 Å². The van der Waals surface area contributed by atoms with Gasteiger partial charge in [0.25, 0.3) is 6.01 Å². The second-order valence-corrected chi connectivity index (χ2v) is 10.3. The number of rotatable bonds is 5. The number of aliphatic hydroxyl groups is 1. The fourth-order valence-electron chi connectivity index (χ4n) is 5.16. The molecular formula is C26H29Cl2N3O3. The number of anilines is 1. The summed E-state index contributed by atoms with van der Waals surface area (Å²) < 4.78 is 6.10. The van der Waals surface area contributed by atoms with Crippen molar-refractivity contribution in [3.63, 3.8) is 0 Å². The lowest BCUT2D eigenvalue weighted by atomic mass is 9.85. The number of carbonyl (C=O) groups excluding carboxylic acids is 1. The summed E-state index contributed by atoms with van der Waals surface area (Å²) >= 11 is 12.6. The number of fused-ring (bicyclic) bond motifs is 1. The maximum absolute atomic E-state index is 12.8. The van der Waals surface area contributed by atoms with E-state index >= 15 is 0 Å². The van der Waals surface area contributed by atoms with Gasteiger partial charge in [0.05, 0.1) is 5.02 Å². The minimum Gasteiger partial charge on any atom is -0.423 e. The summed E-state index contributed by atoms with van der Waals surface area (Å²) in [5.41, 5.74) is 3.23. The average molecular weight is 502 g/mol. The highest BCUT2D eigenvalue weighted by molar-refractivity contribution is 6.34. The molecule has 1 saturated heterocycles. The van der Waals surface area contributed by atoms with Crippen LogP contribution in [0.15, 0.2) is 40.8 Å². The number of halogens is 2. The number of nitrogens with one attached hydrogen (secondary N) is 1. The quantitative estimate of drug-likeness (QED) is 0.469. The van der Waals surface area contributed by atoms with Crippen LogP contribution in [-0.4, -0.2) is 41.7 Å². The van der Waals surface area contributed by atoms with Crippen molar-refractivity contribution in [2.45, 2.75) is 44.6 Å². The second kappa shape index (κ2) is 10.1. The normalized spacial score (nSPS) is 21.7. The van der Waals surface area contributed by atoms with E-state index in [2.05, 4.69) is 15.2 Å². The maximum atomic E-state index is 12.8. The van der Waals surface area contributed by atoms with Crippen molar-refractivity contribution in [1.82, 2.24) is 10.3 Å². The molecule has 2 heterocycles. The molecular weight excluding hydrogens is 473 g/mol. The van der Waals surface area contributed by atoms with Crippen molar-refractivity contribution < 1.29 is 14.3 Å². The molecule has 2 N–H and O–H groups in total. The van der Waals surface area contributed by atoms with E-state index in [0.717, 1.165) is 49.7 Å². The van der Waals surface area contributed by atoms with Crippen molar-refractivity contribution in [3.8, 4) is 11.1 Å². The van der Waals surface area contributed by atoms with Crippen LogP contribution in [0.5, 0.6) is 0 Å². The first-order valence-corrected chi connectivity index (χ1v) is 12.8. The largest absolute Gasteiger partial charge is 0.423 e. The Morgan fingerprint density at radius 3 is 2.62 bits per heavy atom. The molecule has 1 amide bonds. The van der Waals surface area contributed by atoms with Crippen LogP contribution in [0.1, 0.15) is 38.5 Å². The molecule has 180 valence electrons. The maximum Gasteiger partial charge on any atom is 0.298 e. The molecule has 34 heavy (non-hydrogen) atoms. The van der Waals surface area contributed by atoms with Crippen LogP contribution in [0.2, 0.25) is 10.0 Å². The Labute approximate surface area is 209 Å². The Balaban J connectivity index is 1.23. The third kappa shape index (κ3) is 5.04. The minimum absolute atomic E-state index is 0.00100. The number of aliphatic hydroxyl groups excluding tert-OH is 1. The van der Waals surface area contributed by atoms with Gasteiger partial charge in [0.2, 0.25) is 5.91 Å². The lowest BCUT2D eigenvalue weighted by Crippen LogP contribution is -2.45. The van der Waals surface area contributed by atoms with E-state index in [9.17, 15) is 9.90 Å². The number of oxazole rings is 1. The Kier molecular flexibility index (Phi) is 7.00. The van der Waals surface area contributed by atoms with Crippen molar-refractivity contribution in [3.05, 3.63) is 46.4 Å². The zero-order valence-corrected chi connectivity index (χ0v) is 20.5. The monoisotopic (exact) mass is 501 g/mol. The summed E-state index contributed by atoms with van der Waals surface area (Å²) in [7, 11) is 0.